The molecule has 0 unspecified atom stereocenters. The highest BCUT2D eigenvalue weighted by Crippen LogP contribution is 2.40. The van der Waals surface area contributed by atoms with E-state index in [0.717, 1.165) is 5.39 Å². The van der Waals surface area contributed by atoms with Crippen LogP contribution in [0.2, 0.25) is 5.15 Å². The molecule has 8 heteroatoms. The maximum absolute atomic E-state index is 15.1. The number of aromatic nitrogens is 2. The number of furan rings is 1. The molecule has 5 aromatic rings. The highest BCUT2D eigenvalue weighted by Gasteiger charge is 2.31. The standard InChI is InChI=1S/C27H16ClFN2O4/c28-26-15(11-14-5-1-3-7-19(14)30-26)13-31-20-12-18(29)16-9-10-35-25(16)23(20)22(24(31)27(33)34)17-6-2-4-8-21(17)32/h1-7,9-12H,8,13H2,(H,33,34). The van der Waals surface area contributed by atoms with Gasteiger partial charge in [-0.3, -0.25) is 4.79 Å². The van der Waals surface area contributed by atoms with Gasteiger partial charge in [-0.1, -0.05) is 48.0 Å². The fraction of sp³-hybridized carbons (Fsp3) is 0.0741. The van der Waals surface area contributed by atoms with Crippen LogP contribution in [0, 0.1) is 5.82 Å². The smallest absolute Gasteiger partial charge is 0.353 e. The van der Waals surface area contributed by atoms with Crippen LogP contribution in [0.1, 0.15) is 28.0 Å². The van der Waals surface area contributed by atoms with E-state index in [9.17, 15) is 14.7 Å². The molecule has 6 nitrogen and oxygen atoms in total. The van der Waals surface area contributed by atoms with E-state index in [1.54, 1.807) is 18.2 Å². The molecule has 2 aromatic carbocycles. The summed E-state index contributed by atoms with van der Waals surface area (Å²) in [7, 11) is 0. The second kappa shape index (κ2) is 7.92. The number of fused-ring (bicyclic) bond motifs is 4. The van der Waals surface area contributed by atoms with Gasteiger partial charge in [-0.25, -0.2) is 14.2 Å². The van der Waals surface area contributed by atoms with Crippen molar-refractivity contribution in [3.05, 3.63) is 94.7 Å². The number of allylic oxidation sites excluding steroid dienone is 4. The van der Waals surface area contributed by atoms with E-state index in [1.807, 2.05) is 30.3 Å². The number of rotatable bonds is 4. The molecule has 6 rings (SSSR count). The molecule has 35 heavy (non-hydrogen) atoms. The van der Waals surface area contributed by atoms with Gasteiger partial charge in [-0.15, -0.1) is 0 Å². The van der Waals surface area contributed by atoms with E-state index < -0.39 is 11.8 Å². The number of carboxylic acid groups (broad SMARTS) is 1. The average molecular weight is 487 g/mol. The maximum atomic E-state index is 15.1. The number of nitrogens with zero attached hydrogens (tertiary/aromatic N) is 2. The van der Waals surface area contributed by atoms with E-state index in [0.29, 0.717) is 16.5 Å². The molecule has 0 saturated carbocycles. The number of carboxylic acids is 1. The monoisotopic (exact) mass is 486 g/mol. The minimum Gasteiger partial charge on any atom is -0.477 e. The normalized spacial score (nSPS) is 13.8. The lowest BCUT2D eigenvalue weighted by molar-refractivity contribution is -0.113. The Morgan fingerprint density at radius 1 is 1.23 bits per heavy atom. The molecule has 0 radical (unpaired) electrons. The van der Waals surface area contributed by atoms with Crippen molar-refractivity contribution in [1.29, 1.82) is 0 Å². The molecule has 0 amide bonds. The van der Waals surface area contributed by atoms with E-state index in [4.69, 9.17) is 16.0 Å². The minimum absolute atomic E-state index is 0.00222. The Hall–Kier alpha value is -4.23. The zero-order valence-corrected chi connectivity index (χ0v) is 18.8. The van der Waals surface area contributed by atoms with Crippen LogP contribution in [0.3, 0.4) is 0 Å². The fourth-order valence-electron chi connectivity index (χ4n) is 4.74. The fourth-order valence-corrected chi connectivity index (χ4v) is 4.94. The summed E-state index contributed by atoms with van der Waals surface area (Å²) in [6, 6.07) is 12.0. The van der Waals surface area contributed by atoms with Gasteiger partial charge < -0.3 is 14.1 Å². The summed E-state index contributed by atoms with van der Waals surface area (Å²) in [6.07, 6.45) is 6.48. The number of Topliss-reactive ketones (excluding diaryl/α,β-unsaturated/α-hetero) is 1. The van der Waals surface area contributed by atoms with Crippen LogP contribution in [0.4, 0.5) is 4.39 Å². The second-order valence-electron chi connectivity index (χ2n) is 8.30. The molecule has 3 aromatic heterocycles. The Kier molecular flexibility index (Phi) is 4.82. The van der Waals surface area contributed by atoms with Crippen molar-refractivity contribution in [1.82, 2.24) is 9.55 Å². The van der Waals surface area contributed by atoms with Gasteiger partial charge in [0.1, 0.15) is 22.2 Å². The number of para-hydroxylation sites is 1. The lowest BCUT2D eigenvalue weighted by atomic mass is 9.93. The molecule has 0 bridgehead atoms. The van der Waals surface area contributed by atoms with Crippen LogP contribution >= 0.6 is 11.6 Å². The van der Waals surface area contributed by atoms with Gasteiger partial charge in [0, 0.05) is 28.5 Å². The van der Waals surface area contributed by atoms with Crippen molar-refractivity contribution in [2.75, 3.05) is 0 Å². The second-order valence-corrected chi connectivity index (χ2v) is 8.66. The van der Waals surface area contributed by atoms with Crippen LogP contribution in [-0.2, 0) is 11.3 Å². The number of hydrogen-bond donors (Lipinski definition) is 1. The number of carbonyl (C=O) groups excluding carboxylic acids is 1. The molecular weight excluding hydrogens is 471 g/mol. The van der Waals surface area contributed by atoms with E-state index in [1.165, 1.54) is 23.0 Å². The number of halogens is 2. The number of hydrogen-bond acceptors (Lipinski definition) is 4. The van der Waals surface area contributed by atoms with Crippen LogP contribution < -0.4 is 0 Å². The van der Waals surface area contributed by atoms with Gasteiger partial charge >= 0.3 is 5.97 Å². The molecule has 3 heterocycles. The van der Waals surface area contributed by atoms with Crippen LogP contribution in [0.15, 0.2) is 71.4 Å². The molecule has 1 aliphatic carbocycles. The predicted molar refractivity (Wildman–Crippen MR) is 131 cm³/mol. The zero-order chi connectivity index (χ0) is 24.3. The van der Waals surface area contributed by atoms with E-state index >= 15 is 4.39 Å². The lowest BCUT2D eigenvalue weighted by Gasteiger charge is -2.12. The van der Waals surface area contributed by atoms with Crippen LogP contribution in [0.25, 0.3) is 38.3 Å². The van der Waals surface area contributed by atoms with Crippen molar-refractivity contribution in [2.24, 2.45) is 0 Å². The molecule has 0 fully saturated rings. The first-order valence-corrected chi connectivity index (χ1v) is 11.2. The Bertz CT molecular complexity index is 1780. The summed E-state index contributed by atoms with van der Waals surface area (Å²) in [5, 5.41) is 11.9. The lowest BCUT2D eigenvalue weighted by Crippen LogP contribution is -2.14. The summed E-state index contributed by atoms with van der Waals surface area (Å²) in [6.45, 7) is -0.00222. The number of benzene rings is 2. The highest BCUT2D eigenvalue weighted by atomic mass is 35.5. The van der Waals surface area contributed by atoms with E-state index in [2.05, 4.69) is 4.98 Å². The Morgan fingerprint density at radius 2 is 2.06 bits per heavy atom. The van der Waals surface area contributed by atoms with Crippen molar-refractivity contribution in [2.45, 2.75) is 13.0 Å². The van der Waals surface area contributed by atoms with Crippen molar-refractivity contribution >= 4 is 61.7 Å². The molecule has 0 saturated heterocycles. The molecule has 1 aliphatic rings. The summed E-state index contributed by atoms with van der Waals surface area (Å²) >= 11 is 6.48. The van der Waals surface area contributed by atoms with Gasteiger partial charge in [0.05, 0.1) is 34.6 Å². The first kappa shape index (κ1) is 21.3. The number of aromatic carboxylic acids is 1. The van der Waals surface area contributed by atoms with Crippen LogP contribution in [0.5, 0.6) is 0 Å². The number of carbonyl (C=O) groups is 2. The molecule has 1 N–H and O–H groups in total. The number of pyridine rings is 1. The zero-order valence-electron chi connectivity index (χ0n) is 18.1. The third-order valence-corrected chi connectivity index (χ3v) is 6.60. The highest BCUT2D eigenvalue weighted by molar-refractivity contribution is 6.31. The minimum atomic E-state index is -1.26. The van der Waals surface area contributed by atoms with Gasteiger partial charge in [0.2, 0.25) is 0 Å². The first-order valence-electron chi connectivity index (χ1n) is 10.8. The van der Waals surface area contributed by atoms with Gasteiger partial charge in [0.15, 0.2) is 5.78 Å². The van der Waals surface area contributed by atoms with E-state index in [-0.39, 0.29) is 57.2 Å². The molecular formula is C27H16ClFN2O4. The van der Waals surface area contributed by atoms with Gasteiger partial charge in [-0.05, 0) is 24.3 Å². The molecule has 0 spiro atoms. The summed E-state index contributed by atoms with van der Waals surface area (Å²) < 4.78 is 22.1. The summed E-state index contributed by atoms with van der Waals surface area (Å²) in [4.78, 5) is 30.0. The predicted octanol–water partition coefficient (Wildman–Crippen LogP) is 6.39. The Morgan fingerprint density at radius 3 is 2.86 bits per heavy atom. The Labute approximate surface area is 202 Å². The first-order chi connectivity index (χ1) is 16.9. The Balaban J connectivity index is 1.71. The summed E-state index contributed by atoms with van der Waals surface area (Å²) in [5.41, 5.74) is 2.01. The largest absolute Gasteiger partial charge is 0.477 e. The topological polar surface area (TPSA) is 85.3 Å². The average Bonchev–Trinajstić information content (AvgIpc) is 3.44. The quantitative estimate of drug-likeness (QED) is 0.298. The van der Waals surface area contributed by atoms with Crippen molar-refractivity contribution < 1.29 is 23.5 Å². The van der Waals surface area contributed by atoms with Crippen molar-refractivity contribution in [3.8, 4) is 0 Å². The maximum Gasteiger partial charge on any atom is 0.353 e. The SMILES string of the molecule is O=C1CC=CC=C1c1c(C(=O)O)n(Cc2cc3ccccc3nc2Cl)c2cc(F)c3ccoc3c12. The van der Waals surface area contributed by atoms with Gasteiger partial charge in [-0.2, -0.15) is 0 Å². The third-order valence-electron chi connectivity index (χ3n) is 6.27. The molecule has 172 valence electrons. The number of ketones is 1. The summed E-state index contributed by atoms with van der Waals surface area (Å²) in [5.74, 6) is -2.05. The van der Waals surface area contributed by atoms with Gasteiger partial charge in [0.25, 0.3) is 0 Å². The van der Waals surface area contributed by atoms with Crippen molar-refractivity contribution in [3.63, 3.8) is 0 Å². The van der Waals surface area contributed by atoms with Crippen LogP contribution in [-0.4, -0.2) is 26.4 Å². The molecule has 0 aliphatic heterocycles. The third kappa shape index (κ3) is 3.27. The molecule has 0 atom stereocenters.